The Labute approximate surface area is 119 Å². The number of sulfone groups is 1. The van der Waals surface area contributed by atoms with Crippen LogP contribution in [0.4, 0.5) is 5.69 Å². The van der Waals surface area contributed by atoms with Crippen molar-refractivity contribution in [2.45, 2.75) is 26.3 Å². The topological polar surface area (TPSA) is 75.3 Å². The summed E-state index contributed by atoms with van der Waals surface area (Å²) in [6.07, 6.45) is 0.173. The second kappa shape index (κ2) is 5.93. The summed E-state index contributed by atoms with van der Waals surface area (Å²) in [7, 11) is -3.01. The Hall–Kier alpha value is -1.40. The molecule has 20 heavy (non-hydrogen) atoms. The van der Waals surface area contributed by atoms with Crippen LogP contribution in [-0.2, 0) is 14.6 Å². The monoisotopic (exact) mass is 296 g/mol. The summed E-state index contributed by atoms with van der Waals surface area (Å²) in [5.41, 5.74) is 2.92. The van der Waals surface area contributed by atoms with Crippen LogP contribution in [0.1, 0.15) is 17.5 Å². The zero-order chi connectivity index (χ0) is 14.8. The van der Waals surface area contributed by atoms with E-state index in [9.17, 15) is 13.2 Å². The van der Waals surface area contributed by atoms with Gasteiger partial charge in [-0.25, -0.2) is 8.42 Å². The van der Waals surface area contributed by atoms with Gasteiger partial charge in [0, 0.05) is 24.7 Å². The van der Waals surface area contributed by atoms with Crippen molar-refractivity contribution < 1.29 is 13.2 Å². The average Bonchev–Trinajstić information content (AvgIpc) is 2.31. The molecule has 1 aliphatic heterocycles. The van der Waals surface area contributed by atoms with Crippen LogP contribution in [0.5, 0.6) is 0 Å². The van der Waals surface area contributed by atoms with Crippen LogP contribution in [0, 0.1) is 13.8 Å². The number of nitrogens with one attached hydrogen (secondary N) is 2. The second-order valence-corrected chi connectivity index (χ2v) is 7.56. The van der Waals surface area contributed by atoms with Crippen LogP contribution < -0.4 is 10.6 Å². The third-order valence-corrected chi connectivity index (χ3v) is 5.13. The summed E-state index contributed by atoms with van der Waals surface area (Å²) in [4.78, 5) is 12.0. The van der Waals surface area contributed by atoms with Crippen molar-refractivity contribution in [1.29, 1.82) is 0 Å². The summed E-state index contributed by atoms with van der Waals surface area (Å²) < 4.78 is 23.0. The van der Waals surface area contributed by atoms with Crippen LogP contribution in [0.2, 0.25) is 0 Å². The van der Waals surface area contributed by atoms with E-state index in [0.717, 1.165) is 16.8 Å². The minimum absolute atomic E-state index is 0.0350. The highest BCUT2D eigenvalue weighted by Gasteiger charge is 2.26. The quantitative estimate of drug-likeness (QED) is 0.873. The molecule has 1 fully saturated rings. The summed E-state index contributed by atoms with van der Waals surface area (Å²) in [6, 6.07) is 5.51. The van der Waals surface area contributed by atoms with Gasteiger partial charge in [-0.15, -0.1) is 0 Å². The summed E-state index contributed by atoms with van der Waals surface area (Å²) in [6.45, 7) is 4.35. The average molecular weight is 296 g/mol. The highest BCUT2D eigenvalue weighted by atomic mass is 32.2. The number of carbonyl (C=O) groups excluding carboxylic acids is 1. The number of benzene rings is 1. The Balaban J connectivity index is 1.95. The number of rotatable bonds is 3. The van der Waals surface area contributed by atoms with Crippen molar-refractivity contribution in [3.05, 3.63) is 29.3 Å². The molecule has 2 N–H and O–H groups in total. The van der Waals surface area contributed by atoms with Gasteiger partial charge in [-0.1, -0.05) is 17.7 Å². The molecule has 5 nitrogen and oxygen atoms in total. The van der Waals surface area contributed by atoms with Crippen LogP contribution >= 0.6 is 0 Å². The van der Waals surface area contributed by atoms with Crippen LogP contribution in [-0.4, -0.2) is 38.4 Å². The van der Waals surface area contributed by atoms with Crippen molar-refractivity contribution in [2.24, 2.45) is 0 Å². The number of hydrogen-bond acceptors (Lipinski definition) is 4. The lowest BCUT2D eigenvalue weighted by Gasteiger charge is -2.23. The molecule has 0 aromatic heterocycles. The maximum atomic E-state index is 12.0. The van der Waals surface area contributed by atoms with E-state index in [4.69, 9.17) is 0 Å². The molecule has 0 spiro atoms. The van der Waals surface area contributed by atoms with E-state index in [1.54, 1.807) is 0 Å². The third kappa shape index (κ3) is 4.05. The van der Waals surface area contributed by atoms with Gasteiger partial charge in [0.2, 0.25) is 5.91 Å². The molecule has 0 aliphatic carbocycles. The van der Waals surface area contributed by atoms with E-state index >= 15 is 0 Å². The Kier molecular flexibility index (Phi) is 4.45. The molecule has 0 radical (unpaired) electrons. The predicted molar refractivity (Wildman–Crippen MR) is 79.6 cm³/mol. The molecule has 1 atom stereocenters. The first-order chi connectivity index (χ1) is 9.35. The minimum Gasteiger partial charge on any atom is -0.326 e. The van der Waals surface area contributed by atoms with E-state index < -0.39 is 9.84 Å². The Bertz CT molecular complexity index is 611. The van der Waals surface area contributed by atoms with Gasteiger partial charge in [0.15, 0.2) is 9.84 Å². The van der Waals surface area contributed by atoms with Crippen LogP contribution in [0.3, 0.4) is 0 Å². The Morgan fingerprint density at radius 3 is 2.80 bits per heavy atom. The molecule has 1 aromatic carbocycles. The standard InChI is InChI=1S/C14H20N2O3S/c1-10-3-4-13(11(2)7-10)16-14(17)8-12-9-20(18,19)6-5-15-12/h3-4,7,12,15H,5-6,8-9H2,1-2H3,(H,16,17). The summed E-state index contributed by atoms with van der Waals surface area (Å²) >= 11 is 0. The number of amides is 1. The van der Waals surface area contributed by atoms with Gasteiger partial charge in [-0.3, -0.25) is 4.79 Å². The van der Waals surface area contributed by atoms with Crippen LogP contribution in [0.25, 0.3) is 0 Å². The van der Waals surface area contributed by atoms with Crippen molar-refractivity contribution in [3.63, 3.8) is 0 Å². The van der Waals surface area contributed by atoms with E-state index in [2.05, 4.69) is 10.6 Å². The summed E-state index contributed by atoms with van der Waals surface area (Å²) in [5.74, 6) is 0.0294. The van der Waals surface area contributed by atoms with Crippen molar-refractivity contribution in [1.82, 2.24) is 5.32 Å². The largest absolute Gasteiger partial charge is 0.326 e. The van der Waals surface area contributed by atoms with Gasteiger partial charge in [-0.05, 0) is 25.5 Å². The molecule has 0 bridgehead atoms. The highest BCUT2D eigenvalue weighted by molar-refractivity contribution is 7.91. The van der Waals surface area contributed by atoms with Gasteiger partial charge in [-0.2, -0.15) is 0 Å². The molecular weight excluding hydrogens is 276 g/mol. The normalized spacial score (nSPS) is 21.4. The molecule has 6 heteroatoms. The molecule has 2 rings (SSSR count). The predicted octanol–water partition coefficient (Wildman–Crippen LogP) is 1.02. The molecular formula is C14H20N2O3S. The molecule has 1 unspecified atom stereocenters. The Morgan fingerprint density at radius 1 is 1.40 bits per heavy atom. The van der Waals surface area contributed by atoms with E-state index in [1.165, 1.54) is 0 Å². The van der Waals surface area contributed by atoms with Gasteiger partial charge >= 0.3 is 0 Å². The number of carbonyl (C=O) groups is 1. The fourth-order valence-electron chi connectivity index (χ4n) is 2.38. The molecule has 1 aromatic rings. The molecule has 0 saturated carbocycles. The maximum absolute atomic E-state index is 12.0. The second-order valence-electron chi connectivity index (χ2n) is 5.34. The number of hydrogen-bond donors (Lipinski definition) is 2. The fourth-order valence-corrected chi connectivity index (χ4v) is 3.82. The maximum Gasteiger partial charge on any atom is 0.225 e. The minimum atomic E-state index is -3.01. The lowest BCUT2D eigenvalue weighted by atomic mass is 10.1. The van der Waals surface area contributed by atoms with Gasteiger partial charge in [0.1, 0.15) is 0 Å². The number of aryl methyl sites for hydroxylation is 2. The molecule has 1 amide bonds. The van der Waals surface area contributed by atoms with Crippen molar-refractivity contribution in [3.8, 4) is 0 Å². The lowest BCUT2D eigenvalue weighted by molar-refractivity contribution is -0.116. The lowest BCUT2D eigenvalue weighted by Crippen LogP contribution is -2.46. The zero-order valence-corrected chi connectivity index (χ0v) is 12.6. The van der Waals surface area contributed by atoms with Crippen LogP contribution in [0.15, 0.2) is 18.2 Å². The van der Waals surface area contributed by atoms with Crippen molar-refractivity contribution in [2.75, 3.05) is 23.4 Å². The smallest absolute Gasteiger partial charge is 0.225 e. The first-order valence-electron chi connectivity index (χ1n) is 6.67. The fraction of sp³-hybridized carbons (Fsp3) is 0.500. The molecule has 1 aliphatic rings. The Morgan fingerprint density at radius 2 is 2.15 bits per heavy atom. The molecule has 1 saturated heterocycles. The molecule has 1 heterocycles. The van der Waals surface area contributed by atoms with Gasteiger partial charge in [0.05, 0.1) is 11.5 Å². The molecule has 110 valence electrons. The highest BCUT2D eigenvalue weighted by Crippen LogP contribution is 2.16. The third-order valence-electron chi connectivity index (χ3n) is 3.39. The van der Waals surface area contributed by atoms with Gasteiger partial charge in [0.25, 0.3) is 0 Å². The number of anilines is 1. The SMILES string of the molecule is Cc1ccc(NC(=O)CC2CS(=O)(=O)CCN2)c(C)c1. The van der Waals surface area contributed by atoms with E-state index in [0.29, 0.717) is 6.54 Å². The van der Waals surface area contributed by atoms with Gasteiger partial charge < -0.3 is 10.6 Å². The first-order valence-corrected chi connectivity index (χ1v) is 8.49. The van der Waals surface area contributed by atoms with Crippen molar-refractivity contribution >= 4 is 21.4 Å². The summed E-state index contributed by atoms with van der Waals surface area (Å²) in [5, 5.41) is 5.91. The first kappa shape index (κ1) is 15.0. The van der Waals surface area contributed by atoms with E-state index in [-0.39, 0.29) is 29.9 Å². The van der Waals surface area contributed by atoms with E-state index in [1.807, 2.05) is 32.0 Å². The zero-order valence-electron chi connectivity index (χ0n) is 11.8.